The van der Waals surface area contributed by atoms with E-state index in [1.165, 1.54) is 0 Å². The van der Waals surface area contributed by atoms with Crippen LogP contribution in [0.3, 0.4) is 0 Å². The monoisotopic (exact) mass is 228 g/mol. The van der Waals surface area contributed by atoms with Crippen LogP contribution < -0.4 is 10.5 Å². The Morgan fingerprint density at radius 2 is 1.93 bits per heavy atom. The van der Waals surface area contributed by atoms with E-state index in [-0.39, 0.29) is 0 Å². The first-order valence-corrected chi connectivity index (χ1v) is 5.37. The van der Waals surface area contributed by atoms with Gasteiger partial charge in [0.05, 0.1) is 0 Å². The fourth-order valence-electron chi connectivity index (χ4n) is 1.18. The second-order valence-electron chi connectivity index (χ2n) is 3.39. The molecule has 4 heteroatoms. The topological polar surface area (TPSA) is 38.5 Å². The standard InChI is InChI=1S/C11H17ClN2O/c1-14(7-6-13)8-9-15-11-4-2-10(12)3-5-11/h2-5H,6-9,13H2,1H3. The molecule has 0 amide bonds. The van der Waals surface area contributed by atoms with Gasteiger partial charge >= 0.3 is 0 Å². The molecule has 0 aliphatic heterocycles. The zero-order valence-corrected chi connectivity index (χ0v) is 9.70. The Hall–Kier alpha value is -0.770. The van der Waals surface area contributed by atoms with Crippen molar-refractivity contribution in [3.63, 3.8) is 0 Å². The maximum Gasteiger partial charge on any atom is 0.119 e. The van der Waals surface area contributed by atoms with Crippen molar-refractivity contribution in [3.8, 4) is 5.75 Å². The van der Waals surface area contributed by atoms with Gasteiger partial charge in [-0.2, -0.15) is 0 Å². The molecule has 0 saturated carbocycles. The Bertz CT molecular complexity index is 276. The first-order chi connectivity index (χ1) is 7.22. The van der Waals surface area contributed by atoms with Gasteiger partial charge in [0.25, 0.3) is 0 Å². The van der Waals surface area contributed by atoms with Gasteiger partial charge in [0.1, 0.15) is 12.4 Å². The molecule has 0 atom stereocenters. The Morgan fingerprint density at radius 3 is 2.53 bits per heavy atom. The van der Waals surface area contributed by atoms with E-state index in [0.29, 0.717) is 13.2 Å². The van der Waals surface area contributed by atoms with Gasteiger partial charge in [-0.05, 0) is 31.3 Å². The molecular weight excluding hydrogens is 212 g/mol. The van der Waals surface area contributed by atoms with Crippen molar-refractivity contribution in [1.82, 2.24) is 4.90 Å². The Morgan fingerprint density at radius 1 is 1.27 bits per heavy atom. The molecule has 0 aliphatic rings. The van der Waals surface area contributed by atoms with Crippen molar-refractivity contribution in [2.45, 2.75) is 0 Å². The van der Waals surface area contributed by atoms with Crippen LogP contribution in [-0.4, -0.2) is 38.2 Å². The minimum Gasteiger partial charge on any atom is -0.492 e. The lowest BCUT2D eigenvalue weighted by molar-refractivity contribution is 0.241. The van der Waals surface area contributed by atoms with E-state index in [4.69, 9.17) is 22.1 Å². The normalized spacial score (nSPS) is 10.7. The minimum absolute atomic E-state index is 0.665. The number of hydrogen-bond donors (Lipinski definition) is 1. The van der Waals surface area contributed by atoms with E-state index in [2.05, 4.69) is 4.90 Å². The summed E-state index contributed by atoms with van der Waals surface area (Å²) in [6.45, 7) is 3.11. The van der Waals surface area contributed by atoms with Crippen molar-refractivity contribution in [2.75, 3.05) is 33.3 Å². The first kappa shape index (κ1) is 12.3. The maximum atomic E-state index is 5.76. The largest absolute Gasteiger partial charge is 0.492 e. The minimum atomic E-state index is 0.665. The predicted octanol–water partition coefficient (Wildman–Crippen LogP) is 1.61. The summed E-state index contributed by atoms with van der Waals surface area (Å²) in [5.74, 6) is 0.848. The molecule has 0 spiro atoms. The molecule has 0 fully saturated rings. The van der Waals surface area contributed by atoms with Gasteiger partial charge < -0.3 is 15.4 Å². The Balaban J connectivity index is 2.22. The van der Waals surface area contributed by atoms with E-state index >= 15 is 0 Å². The molecule has 0 unspecified atom stereocenters. The van der Waals surface area contributed by atoms with Crippen LogP contribution in [0.4, 0.5) is 0 Å². The van der Waals surface area contributed by atoms with Crippen LogP contribution >= 0.6 is 11.6 Å². The third kappa shape index (κ3) is 5.02. The molecule has 0 aliphatic carbocycles. The number of benzene rings is 1. The van der Waals surface area contributed by atoms with Crippen LogP contribution in [0.25, 0.3) is 0 Å². The van der Waals surface area contributed by atoms with E-state index in [1.807, 2.05) is 31.3 Å². The number of nitrogens with two attached hydrogens (primary N) is 1. The summed E-state index contributed by atoms with van der Waals surface area (Å²) in [7, 11) is 2.03. The van der Waals surface area contributed by atoms with Gasteiger partial charge in [0.15, 0.2) is 0 Å². The smallest absolute Gasteiger partial charge is 0.119 e. The van der Waals surface area contributed by atoms with Crippen LogP contribution in [0, 0.1) is 0 Å². The number of hydrogen-bond acceptors (Lipinski definition) is 3. The molecule has 0 heterocycles. The number of ether oxygens (including phenoxy) is 1. The molecule has 1 aromatic rings. The van der Waals surface area contributed by atoms with Crippen molar-refractivity contribution >= 4 is 11.6 Å². The highest BCUT2D eigenvalue weighted by atomic mass is 35.5. The van der Waals surface area contributed by atoms with Crippen LogP contribution in [-0.2, 0) is 0 Å². The third-order valence-electron chi connectivity index (χ3n) is 2.07. The number of likely N-dealkylation sites (N-methyl/N-ethyl adjacent to an activating group) is 1. The second-order valence-corrected chi connectivity index (χ2v) is 3.83. The van der Waals surface area contributed by atoms with Crippen LogP contribution in [0.5, 0.6) is 5.75 Å². The van der Waals surface area contributed by atoms with Crippen molar-refractivity contribution in [2.24, 2.45) is 5.73 Å². The van der Waals surface area contributed by atoms with Gasteiger partial charge in [-0.15, -0.1) is 0 Å². The van der Waals surface area contributed by atoms with E-state index in [9.17, 15) is 0 Å². The Labute approximate surface area is 95.8 Å². The van der Waals surface area contributed by atoms with Gasteiger partial charge in [0.2, 0.25) is 0 Å². The van der Waals surface area contributed by atoms with Gasteiger partial charge in [-0.1, -0.05) is 11.6 Å². The lowest BCUT2D eigenvalue weighted by Crippen LogP contribution is -2.29. The molecule has 3 nitrogen and oxygen atoms in total. The average Bonchev–Trinajstić information content (AvgIpc) is 2.21. The average molecular weight is 229 g/mol. The fourth-order valence-corrected chi connectivity index (χ4v) is 1.31. The van der Waals surface area contributed by atoms with E-state index in [0.717, 1.165) is 23.9 Å². The number of halogens is 1. The van der Waals surface area contributed by atoms with Crippen LogP contribution in [0.1, 0.15) is 0 Å². The van der Waals surface area contributed by atoms with Crippen molar-refractivity contribution in [1.29, 1.82) is 0 Å². The van der Waals surface area contributed by atoms with Crippen molar-refractivity contribution in [3.05, 3.63) is 29.3 Å². The van der Waals surface area contributed by atoms with E-state index in [1.54, 1.807) is 0 Å². The molecular formula is C11H17ClN2O. The number of nitrogens with zero attached hydrogens (tertiary/aromatic N) is 1. The lowest BCUT2D eigenvalue weighted by Gasteiger charge is -2.15. The molecule has 1 aromatic carbocycles. The molecule has 84 valence electrons. The number of rotatable bonds is 6. The lowest BCUT2D eigenvalue weighted by atomic mass is 10.3. The molecule has 0 radical (unpaired) electrons. The van der Waals surface area contributed by atoms with Crippen molar-refractivity contribution < 1.29 is 4.74 Å². The molecule has 1 rings (SSSR count). The van der Waals surface area contributed by atoms with Gasteiger partial charge in [-0.25, -0.2) is 0 Å². The Kier molecular flexibility index (Phi) is 5.47. The molecule has 0 saturated heterocycles. The van der Waals surface area contributed by atoms with Gasteiger partial charge in [-0.3, -0.25) is 0 Å². The highest BCUT2D eigenvalue weighted by molar-refractivity contribution is 6.30. The quantitative estimate of drug-likeness (QED) is 0.804. The molecule has 0 aromatic heterocycles. The molecule has 0 bridgehead atoms. The third-order valence-corrected chi connectivity index (χ3v) is 2.32. The van der Waals surface area contributed by atoms with Crippen LogP contribution in [0.2, 0.25) is 5.02 Å². The van der Waals surface area contributed by atoms with Gasteiger partial charge in [0, 0.05) is 24.7 Å². The highest BCUT2D eigenvalue weighted by Gasteiger charge is 1.97. The first-order valence-electron chi connectivity index (χ1n) is 4.99. The fraction of sp³-hybridized carbons (Fsp3) is 0.455. The zero-order chi connectivity index (χ0) is 11.1. The zero-order valence-electron chi connectivity index (χ0n) is 8.95. The summed E-state index contributed by atoms with van der Waals surface area (Å²) in [6.07, 6.45) is 0. The molecule has 15 heavy (non-hydrogen) atoms. The summed E-state index contributed by atoms with van der Waals surface area (Å²) in [4.78, 5) is 2.13. The second kappa shape index (κ2) is 6.67. The summed E-state index contributed by atoms with van der Waals surface area (Å²) in [5.41, 5.74) is 5.43. The summed E-state index contributed by atoms with van der Waals surface area (Å²) in [6, 6.07) is 7.37. The van der Waals surface area contributed by atoms with E-state index < -0.39 is 0 Å². The molecule has 2 N–H and O–H groups in total. The SMILES string of the molecule is CN(CCN)CCOc1ccc(Cl)cc1. The summed E-state index contributed by atoms with van der Waals surface area (Å²) >= 11 is 5.76. The summed E-state index contributed by atoms with van der Waals surface area (Å²) in [5, 5.41) is 0.725. The highest BCUT2D eigenvalue weighted by Crippen LogP contribution is 2.15. The maximum absolute atomic E-state index is 5.76. The summed E-state index contributed by atoms with van der Waals surface area (Å²) < 4.78 is 5.54. The van der Waals surface area contributed by atoms with Crippen LogP contribution in [0.15, 0.2) is 24.3 Å². The predicted molar refractivity (Wildman–Crippen MR) is 63.5 cm³/mol.